The van der Waals surface area contributed by atoms with E-state index in [0.717, 1.165) is 3.57 Å². The standard InChI is InChI=1S/C21H15IN4O4/c22-15-7-9-16(10-8-15)25-21(28)18(20(27)23-25)12-17-5-3-11-24(17)13-14-4-1-2-6-19(14)26(29)30/h1-12H,13H2,(H,23,27)/b18-12-. The Kier molecular flexibility index (Phi) is 5.36. The van der Waals surface area contributed by atoms with Crippen molar-refractivity contribution in [2.75, 3.05) is 5.01 Å². The second-order valence-corrected chi connectivity index (χ2v) is 7.81. The zero-order valence-electron chi connectivity index (χ0n) is 15.5. The van der Waals surface area contributed by atoms with Gasteiger partial charge in [0.05, 0.1) is 17.2 Å². The highest BCUT2D eigenvalue weighted by atomic mass is 127. The van der Waals surface area contributed by atoms with Crippen LogP contribution in [0.2, 0.25) is 0 Å². The molecular weight excluding hydrogens is 499 g/mol. The topological polar surface area (TPSA) is 97.5 Å². The van der Waals surface area contributed by atoms with Gasteiger partial charge in [-0.1, -0.05) is 18.2 Å². The van der Waals surface area contributed by atoms with E-state index < -0.39 is 16.7 Å². The van der Waals surface area contributed by atoms with E-state index in [4.69, 9.17) is 0 Å². The number of nitrogens with one attached hydrogen (secondary N) is 1. The van der Waals surface area contributed by atoms with Crippen LogP contribution in [-0.2, 0) is 16.1 Å². The molecule has 1 aliphatic rings. The van der Waals surface area contributed by atoms with Crippen LogP contribution < -0.4 is 10.4 Å². The summed E-state index contributed by atoms with van der Waals surface area (Å²) in [6.45, 7) is 0.236. The van der Waals surface area contributed by atoms with Gasteiger partial charge < -0.3 is 4.57 Å². The fraction of sp³-hybridized carbons (Fsp3) is 0.0476. The summed E-state index contributed by atoms with van der Waals surface area (Å²) in [5, 5.41) is 12.5. The molecule has 2 amide bonds. The Labute approximate surface area is 185 Å². The zero-order chi connectivity index (χ0) is 21.3. The predicted molar refractivity (Wildman–Crippen MR) is 119 cm³/mol. The molecule has 0 atom stereocenters. The first-order valence-corrected chi connectivity index (χ1v) is 10.0. The monoisotopic (exact) mass is 514 g/mol. The first kappa shape index (κ1) is 19.8. The summed E-state index contributed by atoms with van der Waals surface area (Å²) in [6, 6.07) is 17.2. The lowest BCUT2D eigenvalue weighted by atomic mass is 10.1. The number of hydrazine groups is 1. The van der Waals surface area contributed by atoms with Gasteiger partial charge in [-0.3, -0.25) is 25.1 Å². The van der Waals surface area contributed by atoms with Crippen LogP contribution in [0, 0.1) is 13.7 Å². The first-order valence-electron chi connectivity index (χ1n) is 8.94. The van der Waals surface area contributed by atoms with E-state index in [-0.39, 0.29) is 17.8 Å². The molecule has 2 heterocycles. The molecule has 9 heteroatoms. The van der Waals surface area contributed by atoms with Crippen molar-refractivity contribution >= 4 is 51.9 Å². The molecule has 0 aliphatic carbocycles. The molecule has 2 aromatic carbocycles. The number of rotatable bonds is 5. The largest absolute Gasteiger partial charge is 0.343 e. The van der Waals surface area contributed by atoms with Gasteiger partial charge in [-0.15, -0.1) is 0 Å². The van der Waals surface area contributed by atoms with Crippen LogP contribution in [0.3, 0.4) is 0 Å². The van der Waals surface area contributed by atoms with Gasteiger partial charge in [-0.25, -0.2) is 5.01 Å². The van der Waals surface area contributed by atoms with Gasteiger partial charge in [-0.2, -0.15) is 0 Å². The predicted octanol–water partition coefficient (Wildman–Crippen LogP) is 3.51. The number of nitro benzene ring substituents is 1. The lowest BCUT2D eigenvalue weighted by molar-refractivity contribution is -0.385. The molecule has 8 nitrogen and oxygen atoms in total. The van der Waals surface area contributed by atoms with Crippen LogP contribution in [0.25, 0.3) is 6.08 Å². The summed E-state index contributed by atoms with van der Waals surface area (Å²) < 4.78 is 2.77. The zero-order valence-corrected chi connectivity index (χ0v) is 17.6. The van der Waals surface area contributed by atoms with Gasteiger partial charge >= 0.3 is 0 Å². The van der Waals surface area contributed by atoms with E-state index in [1.807, 2.05) is 12.1 Å². The van der Waals surface area contributed by atoms with Crippen molar-refractivity contribution in [3.8, 4) is 0 Å². The fourth-order valence-electron chi connectivity index (χ4n) is 3.19. The molecule has 0 radical (unpaired) electrons. The van der Waals surface area contributed by atoms with Crippen molar-refractivity contribution in [3.05, 3.63) is 97.4 Å². The molecule has 0 unspecified atom stereocenters. The minimum Gasteiger partial charge on any atom is -0.343 e. The van der Waals surface area contributed by atoms with Gasteiger partial charge in [0.2, 0.25) is 0 Å². The van der Waals surface area contributed by atoms with Crippen LogP contribution in [0.5, 0.6) is 0 Å². The van der Waals surface area contributed by atoms with Crippen molar-refractivity contribution in [3.63, 3.8) is 0 Å². The Morgan fingerprint density at radius 1 is 1.03 bits per heavy atom. The number of carbonyl (C=O) groups excluding carboxylic acids is 2. The first-order chi connectivity index (χ1) is 14.4. The molecule has 1 saturated heterocycles. The smallest absolute Gasteiger partial charge is 0.282 e. The normalized spacial score (nSPS) is 15.0. The number of amides is 2. The fourth-order valence-corrected chi connectivity index (χ4v) is 3.55. The van der Waals surface area contributed by atoms with Gasteiger partial charge in [-0.05, 0) is 65.1 Å². The lowest BCUT2D eigenvalue weighted by Gasteiger charge is -2.14. The molecule has 1 aromatic heterocycles. The molecule has 1 fully saturated rings. The summed E-state index contributed by atoms with van der Waals surface area (Å²) in [4.78, 5) is 36.1. The molecule has 0 bridgehead atoms. The van der Waals surface area contributed by atoms with Crippen molar-refractivity contribution in [2.24, 2.45) is 0 Å². The van der Waals surface area contributed by atoms with E-state index in [9.17, 15) is 19.7 Å². The van der Waals surface area contributed by atoms with Gasteiger partial charge in [0.25, 0.3) is 17.5 Å². The Bertz CT molecular complexity index is 1180. The SMILES string of the molecule is O=C1NN(c2ccc(I)cc2)C(=O)/C1=C\c1cccn1Cc1ccccc1[N+](=O)[O-]. The average molecular weight is 514 g/mol. The van der Waals surface area contributed by atoms with Crippen LogP contribution in [0.4, 0.5) is 11.4 Å². The van der Waals surface area contributed by atoms with Crippen molar-refractivity contribution < 1.29 is 14.5 Å². The number of anilines is 1. The molecule has 0 saturated carbocycles. The number of aromatic nitrogens is 1. The van der Waals surface area contributed by atoms with Crippen LogP contribution >= 0.6 is 22.6 Å². The Morgan fingerprint density at radius 3 is 2.50 bits per heavy atom. The van der Waals surface area contributed by atoms with Crippen molar-refractivity contribution in [1.82, 2.24) is 9.99 Å². The third-order valence-electron chi connectivity index (χ3n) is 4.66. The third-order valence-corrected chi connectivity index (χ3v) is 5.38. The van der Waals surface area contributed by atoms with Gasteiger partial charge in [0.15, 0.2) is 0 Å². The summed E-state index contributed by atoms with van der Waals surface area (Å²) in [7, 11) is 0. The maximum atomic E-state index is 12.8. The highest BCUT2D eigenvalue weighted by molar-refractivity contribution is 14.1. The minimum absolute atomic E-state index is 0.00365. The number of halogens is 1. The maximum Gasteiger partial charge on any atom is 0.282 e. The Balaban J connectivity index is 1.63. The molecule has 30 heavy (non-hydrogen) atoms. The van der Waals surface area contributed by atoms with Crippen LogP contribution in [0.15, 0.2) is 72.4 Å². The van der Waals surface area contributed by atoms with Crippen molar-refractivity contribution in [2.45, 2.75) is 6.54 Å². The highest BCUT2D eigenvalue weighted by Gasteiger charge is 2.34. The maximum absolute atomic E-state index is 12.8. The van der Waals surface area contributed by atoms with Gasteiger partial charge in [0.1, 0.15) is 5.57 Å². The van der Waals surface area contributed by atoms with Gasteiger partial charge in [0, 0.05) is 27.1 Å². The van der Waals surface area contributed by atoms with E-state index in [0.29, 0.717) is 16.9 Å². The molecule has 1 N–H and O–H groups in total. The summed E-state index contributed by atoms with van der Waals surface area (Å²) >= 11 is 2.16. The number of hydrogen-bond acceptors (Lipinski definition) is 4. The van der Waals surface area contributed by atoms with E-state index >= 15 is 0 Å². The number of benzene rings is 2. The number of carbonyl (C=O) groups is 2. The highest BCUT2D eigenvalue weighted by Crippen LogP contribution is 2.24. The molecule has 150 valence electrons. The Morgan fingerprint density at radius 2 is 1.77 bits per heavy atom. The van der Waals surface area contributed by atoms with E-state index in [2.05, 4.69) is 28.0 Å². The van der Waals surface area contributed by atoms with Crippen LogP contribution in [-0.4, -0.2) is 21.3 Å². The van der Waals surface area contributed by atoms with E-state index in [1.54, 1.807) is 53.2 Å². The quantitative estimate of drug-likeness (QED) is 0.185. The summed E-state index contributed by atoms with van der Waals surface area (Å²) in [5.41, 5.74) is 4.27. The molecule has 3 aromatic rings. The molecule has 0 spiro atoms. The van der Waals surface area contributed by atoms with Crippen LogP contribution in [0.1, 0.15) is 11.3 Å². The average Bonchev–Trinajstić information content (AvgIpc) is 3.28. The Hall–Kier alpha value is -3.47. The second-order valence-electron chi connectivity index (χ2n) is 6.56. The number of para-hydroxylation sites is 1. The number of nitro groups is 1. The third kappa shape index (κ3) is 3.83. The molecule has 4 rings (SSSR count). The molecule has 1 aliphatic heterocycles. The summed E-state index contributed by atoms with van der Waals surface area (Å²) in [6.07, 6.45) is 3.25. The lowest BCUT2D eigenvalue weighted by Crippen LogP contribution is -2.35. The number of nitrogens with zero attached hydrogens (tertiary/aromatic N) is 3. The summed E-state index contributed by atoms with van der Waals surface area (Å²) in [5.74, 6) is -0.961. The van der Waals surface area contributed by atoms with E-state index in [1.165, 1.54) is 17.2 Å². The second kappa shape index (κ2) is 8.11. The molecular formula is C21H15IN4O4. The van der Waals surface area contributed by atoms with Crippen molar-refractivity contribution in [1.29, 1.82) is 0 Å². The minimum atomic E-state index is -0.503. The number of hydrogen-bond donors (Lipinski definition) is 1.